The average Bonchev–Trinajstić information content (AvgIpc) is 3.13. The number of aromatic nitrogens is 2. The maximum absolute atomic E-state index is 12.6. The van der Waals surface area contributed by atoms with E-state index in [1.807, 2.05) is 19.1 Å². The van der Waals surface area contributed by atoms with E-state index in [4.69, 9.17) is 16.0 Å². The molecule has 1 N–H and O–H groups in total. The number of nitrogens with zero attached hydrogens (tertiary/aromatic N) is 3. The van der Waals surface area contributed by atoms with Crippen molar-refractivity contribution in [3.63, 3.8) is 0 Å². The van der Waals surface area contributed by atoms with Crippen LogP contribution in [-0.2, 0) is 0 Å². The number of rotatable bonds is 4. The van der Waals surface area contributed by atoms with Crippen molar-refractivity contribution in [1.82, 2.24) is 9.97 Å². The minimum atomic E-state index is -0.573. The highest BCUT2D eigenvalue weighted by Gasteiger charge is 2.17. The lowest BCUT2D eigenvalue weighted by atomic mass is 10.1. The van der Waals surface area contributed by atoms with Crippen LogP contribution >= 0.6 is 11.6 Å². The smallest absolute Gasteiger partial charge is 0.270 e. The summed E-state index contributed by atoms with van der Waals surface area (Å²) in [6.45, 7) is 1.84. The number of nitro groups is 1. The first-order valence-electron chi connectivity index (χ1n) is 8.50. The molecule has 0 saturated carbocycles. The van der Waals surface area contributed by atoms with Crippen LogP contribution in [-0.4, -0.2) is 20.8 Å². The third-order valence-electron chi connectivity index (χ3n) is 4.31. The van der Waals surface area contributed by atoms with Gasteiger partial charge in [0.05, 0.1) is 15.5 Å². The molecule has 0 unspecified atom stereocenters. The van der Waals surface area contributed by atoms with Crippen molar-refractivity contribution in [1.29, 1.82) is 0 Å². The Hall–Kier alpha value is -3.78. The number of non-ortho nitro benzene ring substituents is 1. The number of benzene rings is 2. The summed E-state index contributed by atoms with van der Waals surface area (Å²) >= 11 is 6.05. The van der Waals surface area contributed by atoms with Crippen molar-refractivity contribution in [2.24, 2.45) is 0 Å². The first-order chi connectivity index (χ1) is 13.9. The van der Waals surface area contributed by atoms with Crippen LogP contribution in [0.4, 0.5) is 11.4 Å². The molecule has 4 rings (SSSR count). The summed E-state index contributed by atoms with van der Waals surface area (Å²) < 4.78 is 5.67. The third kappa shape index (κ3) is 3.65. The molecule has 0 aliphatic carbocycles. The van der Waals surface area contributed by atoms with Crippen molar-refractivity contribution in [3.05, 3.63) is 81.0 Å². The van der Waals surface area contributed by atoms with Crippen LogP contribution in [0, 0.1) is 17.0 Å². The topological polar surface area (TPSA) is 111 Å². The molecule has 0 saturated heterocycles. The predicted molar refractivity (Wildman–Crippen MR) is 108 cm³/mol. The van der Waals surface area contributed by atoms with Crippen molar-refractivity contribution in [3.8, 4) is 11.5 Å². The van der Waals surface area contributed by atoms with Gasteiger partial charge in [-0.25, -0.2) is 9.97 Å². The maximum atomic E-state index is 12.6. The highest BCUT2D eigenvalue weighted by atomic mass is 35.5. The molecule has 2 heterocycles. The monoisotopic (exact) mass is 408 g/mol. The van der Waals surface area contributed by atoms with E-state index in [1.165, 1.54) is 12.1 Å². The molecule has 144 valence electrons. The molecule has 0 aliphatic heterocycles. The summed E-state index contributed by atoms with van der Waals surface area (Å²) in [4.78, 5) is 31.4. The van der Waals surface area contributed by atoms with Crippen molar-refractivity contribution < 1.29 is 14.1 Å². The normalized spacial score (nSPS) is 10.8. The number of halogens is 1. The minimum Gasteiger partial charge on any atom is -0.418 e. The Labute approximate surface area is 169 Å². The lowest BCUT2D eigenvalue weighted by Gasteiger charge is -2.10. The van der Waals surface area contributed by atoms with E-state index in [1.54, 1.807) is 24.4 Å². The molecule has 0 atom stereocenters. The summed E-state index contributed by atoms with van der Waals surface area (Å²) in [6, 6.07) is 12.6. The number of fused-ring (bicyclic) bond motifs is 1. The number of anilines is 1. The SMILES string of the molecule is Cc1ccc(-c2nc3cccnc3o2)cc1NC(=O)c1ccc([N+](=O)[O-])cc1Cl. The summed E-state index contributed by atoms with van der Waals surface area (Å²) in [7, 11) is 0. The number of nitro benzene ring substituents is 1. The number of oxazole rings is 1. The largest absolute Gasteiger partial charge is 0.418 e. The molecule has 0 radical (unpaired) electrons. The van der Waals surface area contributed by atoms with Gasteiger partial charge in [-0.05, 0) is 42.8 Å². The number of hydrogen-bond acceptors (Lipinski definition) is 6. The van der Waals surface area contributed by atoms with Crippen LogP contribution < -0.4 is 5.32 Å². The highest BCUT2D eigenvalue weighted by molar-refractivity contribution is 6.34. The summed E-state index contributed by atoms with van der Waals surface area (Å²) in [5, 5.41) is 13.6. The van der Waals surface area contributed by atoms with Crippen LogP contribution in [0.3, 0.4) is 0 Å². The van der Waals surface area contributed by atoms with Crippen molar-refractivity contribution in [2.75, 3.05) is 5.32 Å². The van der Waals surface area contributed by atoms with Gasteiger partial charge in [0.25, 0.3) is 11.6 Å². The van der Waals surface area contributed by atoms with E-state index in [0.29, 0.717) is 28.4 Å². The molecule has 4 aromatic rings. The average molecular weight is 409 g/mol. The van der Waals surface area contributed by atoms with E-state index < -0.39 is 10.8 Å². The van der Waals surface area contributed by atoms with Crippen molar-refractivity contribution in [2.45, 2.75) is 6.92 Å². The number of pyridine rings is 1. The lowest BCUT2D eigenvalue weighted by molar-refractivity contribution is -0.384. The molecule has 29 heavy (non-hydrogen) atoms. The lowest BCUT2D eigenvalue weighted by Crippen LogP contribution is -2.13. The molecule has 0 fully saturated rings. The van der Waals surface area contributed by atoms with E-state index in [2.05, 4.69) is 15.3 Å². The molecular weight excluding hydrogens is 396 g/mol. The Balaban J connectivity index is 1.64. The Morgan fingerprint density at radius 1 is 1.21 bits per heavy atom. The van der Waals surface area contributed by atoms with Gasteiger partial charge in [-0.2, -0.15) is 0 Å². The fourth-order valence-electron chi connectivity index (χ4n) is 2.77. The van der Waals surface area contributed by atoms with Crippen LogP contribution in [0.1, 0.15) is 15.9 Å². The number of aryl methyl sites for hydroxylation is 1. The maximum Gasteiger partial charge on any atom is 0.270 e. The minimum absolute atomic E-state index is 0.00414. The van der Waals surface area contributed by atoms with Gasteiger partial charge in [0.1, 0.15) is 5.52 Å². The van der Waals surface area contributed by atoms with E-state index in [0.717, 1.165) is 11.6 Å². The highest BCUT2D eigenvalue weighted by Crippen LogP contribution is 2.28. The molecule has 9 heteroatoms. The molecule has 0 aliphatic rings. The van der Waals surface area contributed by atoms with Crippen LogP contribution in [0.5, 0.6) is 0 Å². The number of hydrogen-bond donors (Lipinski definition) is 1. The quantitative estimate of drug-likeness (QED) is 0.375. The number of amides is 1. The second-order valence-corrected chi connectivity index (χ2v) is 6.66. The van der Waals surface area contributed by atoms with Gasteiger partial charge in [-0.15, -0.1) is 0 Å². The zero-order valence-corrected chi connectivity index (χ0v) is 15.8. The van der Waals surface area contributed by atoms with Gasteiger partial charge in [0.2, 0.25) is 11.6 Å². The molecule has 2 aromatic heterocycles. The van der Waals surface area contributed by atoms with Gasteiger partial charge in [-0.3, -0.25) is 14.9 Å². The molecule has 0 spiro atoms. The summed E-state index contributed by atoms with van der Waals surface area (Å²) in [5.41, 5.74) is 3.02. The van der Waals surface area contributed by atoms with Crippen LogP contribution in [0.2, 0.25) is 5.02 Å². The molecular formula is C20H13ClN4O4. The Morgan fingerprint density at radius 2 is 2.03 bits per heavy atom. The molecule has 1 amide bonds. The Morgan fingerprint density at radius 3 is 2.76 bits per heavy atom. The van der Waals surface area contributed by atoms with E-state index in [9.17, 15) is 14.9 Å². The standard InChI is InChI=1S/C20H13ClN4O4/c1-11-4-5-12(19-24-16-3-2-8-22-20(16)29-19)9-17(11)23-18(26)14-7-6-13(25(27)28)10-15(14)21/h2-10H,1H3,(H,23,26). The van der Waals surface area contributed by atoms with Gasteiger partial charge in [-0.1, -0.05) is 17.7 Å². The van der Waals surface area contributed by atoms with Gasteiger partial charge in [0, 0.05) is 29.6 Å². The molecule has 8 nitrogen and oxygen atoms in total. The Bertz CT molecular complexity index is 1240. The molecule has 2 aromatic carbocycles. The predicted octanol–water partition coefficient (Wildman–Crippen LogP) is 5.01. The van der Waals surface area contributed by atoms with Crippen molar-refractivity contribution >= 4 is 40.1 Å². The second kappa shape index (κ2) is 7.33. The van der Waals surface area contributed by atoms with Crippen LogP contribution in [0.25, 0.3) is 22.7 Å². The van der Waals surface area contributed by atoms with Gasteiger partial charge in [0.15, 0.2) is 0 Å². The first-order valence-corrected chi connectivity index (χ1v) is 8.88. The van der Waals surface area contributed by atoms with Crippen LogP contribution in [0.15, 0.2) is 59.1 Å². The molecule has 0 bridgehead atoms. The number of carbonyl (C=O) groups is 1. The van der Waals surface area contributed by atoms with Gasteiger partial charge < -0.3 is 9.73 Å². The fraction of sp³-hybridized carbons (Fsp3) is 0.0500. The first kappa shape index (κ1) is 18.6. The number of nitrogens with one attached hydrogen (secondary N) is 1. The zero-order valence-electron chi connectivity index (χ0n) is 15.0. The van der Waals surface area contributed by atoms with Gasteiger partial charge >= 0.3 is 0 Å². The fourth-order valence-corrected chi connectivity index (χ4v) is 3.04. The summed E-state index contributed by atoms with van der Waals surface area (Å²) in [5.74, 6) is -0.105. The third-order valence-corrected chi connectivity index (χ3v) is 4.62. The second-order valence-electron chi connectivity index (χ2n) is 6.25. The van der Waals surface area contributed by atoms with E-state index >= 15 is 0 Å². The van der Waals surface area contributed by atoms with E-state index in [-0.39, 0.29) is 16.3 Å². The Kier molecular flexibility index (Phi) is 4.69. The summed E-state index contributed by atoms with van der Waals surface area (Å²) in [6.07, 6.45) is 1.62. The zero-order chi connectivity index (χ0) is 20.5. The number of carbonyl (C=O) groups excluding carboxylic acids is 1.